The third kappa shape index (κ3) is 4.21. The second-order valence-corrected chi connectivity index (χ2v) is 5.66. The Kier molecular flexibility index (Phi) is 5.38. The third-order valence-electron chi connectivity index (χ3n) is 3.86. The molecule has 0 saturated heterocycles. The highest BCUT2D eigenvalue weighted by molar-refractivity contribution is 5.77. The molecule has 6 heteroatoms. The lowest BCUT2D eigenvalue weighted by Crippen LogP contribution is -2.41. The summed E-state index contributed by atoms with van der Waals surface area (Å²) >= 11 is 0. The molecule has 0 aliphatic heterocycles. The van der Waals surface area contributed by atoms with Crippen molar-refractivity contribution >= 4 is 5.91 Å². The van der Waals surface area contributed by atoms with E-state index in [1.807, 2.05) is 36.0 Å². The van der Waals surface area contributed by atoms with Crippen LogP contribution in [0.4, 0.5) is 0 Å². The van der Waals surface area contributed by atoms with Gasteiger partial charge < -0.3 is 14.6 Å². The first kappa shape index (κ1) is 16.3. The molecular weight excluding hydrogens is 280 g/mol. The molecular formula is C16H24N4O2. The van der Waals surface area contributed by atoms with Crippen molar-refractivity contribution < 1.29 is 9.21 Å². The molecule has 0 saturated carbocycles. The van der Waals surface area contributed by atoms with Crippen molar-refractivity contribution in [2.75, 3.05) is 13.6 Å². The number of furan rings is 1. The van der Waals surface area contributed by atoms with Gasteiger partial charge in [-0.2, -0.15) is 5.10 Å². The lowest BCUT2D eigenvalue weighted by molar-refractivity contribution is -0.129. The monoisotopic (exact) mass is 304 g/mol. The Bertz CT molecular complexity index is 591. The van der Waals surface area contributed by atoms with Gasteiger partial charge in [0.25, 0.3) is 0 Å². The van der Waals surface area contributed by atoms with Crippen LogP contribution in [0.1, 0.15) is 31.4 Å². The summed E-state index contributed by atoms with van der Waals surface area (Å²) in [6, 6.07) is 6.02. The molecule has 1 amide bonds. The van der Waals surface area contributed by atoms with Gasteiger partial charge in [0.1, 0.15) is 11.5 Å². The number of nitrogens with zero attached hydrogens (tertiary/aromatic N) is 3. The molecule has 0 radical (unpaired) electrons. The molecule has 120 valence electrons. The van der Waals surface area contributed by atoms with Crippen LogP contribution in [-0.4, -0.2) is 40.2 Å². The number of carbonyl (C=O) groups is 1. The maximum atomic E-state index is 12.2. The van der Waals surface area contributed by atoms with Gasteiger partial charge in [-0.05, 0) is 39.0 Å². The molecule has 1 N–H and O–H groups in total. The Labute approximate surface area is 131 Å². The van der Waals surface area contributed by atoms with Crippen molar-refractivity contribution in [3.05, 3.63) is 42.1 Å². The molecule has 22 heavy (non-hydrogen) atoms. The maximum absolute atomic E-state index is 12.2. The first-order valence-corrected chi connectivity index (χ1v) is 7.49. The van der Waals surface area contributed by atoms with Crippen molar-refractivity contribution in [2.24, 2.45) is 0 Å². The number of likely N-dealkylation sites (N-methyl/N-ethyl adjacent to an activating group) is 1. The minimum Gasteiger partial charge on any atom is -0.464 e. The number of hydrogen-bond donors (Lipinski definition) is 1. The summed E-state index contributed by atoms with van der Waals surface area (Å²) in [5.41, 5.74) is 0. The summed E-state index contributed by atoms with van der Waals surface area (Å²) in [7, 11) is 1.78. The Morgan fingerprint density at radius 1 is 1.45 bits per heavy atom. The number of aromatic nitrogens is 2. The Morgan fingerprint density at radius 2 is 2.23 bits per heavy atom. The molecule has 0 unspecified atom stereocenters. The lowest BCUT2D eigenvalue weighted by Gasteiger charge is -2.23. The molecule has 0 aliphatic rings. The SMILES string of the molecule is Cc1ccc(CN(C)C(=O)CN[C@@H](C)[C@@H](C)n2cccn2)o1. The summed E-state index contributed by atoms with van der Waals surface area (Å²) in [6.07, 6.45) is 3.68. The predicted molar refractivity (Wildman–Crippen MR) is 84.3 cm³/mol. The second kappa shape index (κ2) is 7.26. The molecule has 0 spiro atoms. The van der Waals surface area contributed by atoms with E-state index in [9.17, 15) is 4.79 Å². The van der Waals surface area contributed by atoms with Crippen LogP contribution >= 0.6 is 0 Å². The predicted octanol–water partition coefficient (Wildman–Crippen LogP) is 1.98. The fraction of sp³-hybridized carbons (Fsp3) is 0.500. The van der Waals surface area contributed by atoms with Crippen LogP contribution in [0.15, 0.2) is 35.0 Å². The smallest absolute Gasteiger partial charge is 0.236 e. The Hall–Kier alpha value is -2.08. The van der Waals surface area contributed by atoms with Crippen molar-refractivity contribution in [3.8, 4) is 0 Å². The van der Waals surface area contributed by atoms with Crippen molar-refractivity contribution in [2.45, 2.75) is 39.4 Å². The summed E-state index contributed by atoms with van der Waals surface area (Å²) in [4.78, 5) is 13.8. The van der Waals surface area contributed by atoms with Crippen LogP contribution in [0, 0.1) is 6.92 Å². The number of carbonyl (C=O) groups excluding carboxylic acids is 1. The summed E-state index contributed by atoms with van der Waals surface area (Å²) in [6.45, 7) is 6.80. The second-order valence-electron chi connectivity index (χ2n) is 5.66. The van der Waals surface area contributed by atoms with E-state index in [0.29, 0.717) is 13.1 Å². The van der Waals surface area contributed by atoms with Crippen molar-refractivity contribution in [1.29, 1.82) is 0 Å². The van der Waals surface area contributed by atoms with Crippen LogP contribution in [0.5, 0.6) is 0 Å². The van der Waals surface area contributed by atoms with Crippen LogP contribution < -0.4 is 5.32 Å². The number of nitrogens with one attached hydrogen (secondary N) is 1. The lowest BCUT2D eigenvalue weighted by atomic mass is 10.2. The van der Waals surface area contributed by atoms with E-state index >= 15 is 0 Å². The molecule has 0 bridgehead atoms. The molecule has 2 heterocycles. The molecule has 0 fully saturated rings. The third-order valence-corrected chi connectivity index (χ3v) is 3.86. The van der Waals surface area contributed by atoms with Crippen LogP contribution in [-0.2, 0) is 11.3 Å². The minimum atomic E-state index is 0.0357. The fourth-order valence-electron chi connectivity index (χ4n) is 2.20. The minimum absolute atomic E-state index is 0.0357. The topological polar surface area (TPSA) is 63.3 Å². The van der Waals surface area contributed by atoms with E-state index in [1.54, 1.807) is 18.1 Å². The summed E-state index contributed by atoms with van der Waals surface area (Å²) in [5, 5.41) is 7.49. The molecule has 2 aromatic rings. The largest absolute Gasteiger partial charge is 0.464 e. The molecule has 2 atom stereocenters. The van der Waals surface area contributed by atoms with Crippen LogP contribution in [0.25, 0.3) is 0 Å². The van der Waals surface area contributed by atoms with Gasteiger partial charge in [0.2, 0.25) is 5.91 Å². The van der Waals surface area contributed by atoms with Crippen molar-refractivity contribution in [1.82, 2.24) is 20.0 Å². The van der Waals surface area contributed by atoms with Crippen molar-refractivity contribution in [3.63, 3.8) is 0 Å². The van der Waals surface area contributed by atoms with Gasteiger partial charge in [0.05, 0.1) is 19.1 Å². The highest BCUT2D eigenvalue weighted by atomic mass is 16.3. The van der Waals surface area contributed by atoms with Gasteiger partial charge in [-0.15, -0.1) is 0 Å². The quantitative estimate of drug-likeness (QED) is 0.849. The zero-order valence-electron chi connectivity index (χ0n) is 13.6. The molecule has 0 aliphatic carbocycles. The average molecular weight is 304 g/mol. The van der Waals surface area contributed by atoms with Gasteiger partial charge in [-0.3, -0.25) is 9.48 Å². The number of hydrogen-bond acceptors (Lipinski definition) is 4. The summed E-state index contributed by atoms with van der Waals surface area (Å²) < 4.78 is 7.38. The zero-order valence-corrected chi connectivity index (χ0v) is 13.6. The van der Waals surface area contributed by atoms with Crippen LogP contribution in [0.3, 0.4) is 0 Å². The molecule has 6 nitrogen and oxygen atoms in total. The van der Waals surface area contributed by atoms with E-state index < -0.39 is 0 Å². The first-order valence-electron chi connectivity index (χ1n) is 7.49. The fourth-order valence-corrected chi connectivity index (χ4v) is 2.20. The van der Waals surface area contributed by atoms with E-state index in [1.165, 1.54) is 0 Å². The van der Waals surface area contributed by atoms with Gasteiger partial charge in [0, 0.05) is 25.5 Å². The number of aryl methyl sites for hydroxylation is 1. The van der Waals surface area contributed by atoms with Crippen LogP contribution in [0.2, 0.25) is 0 Å². The average Bonchev–Trinajstić information content (AvgIpc) is 3.15. The highest BCUT2D eigenvalue weighted by Crippen LogP contribution is 2.10. The van der Waals surface area contributed by atoms with E-state index in [2.05, 4.69) is 24.3 Å². The maximum Gasteiger partial charge on any atom is 0.236 e. The van der Waals surface area contributed by atoms with E-state index in [-0.39, 0.29) is 18.0 Å². The van der Waals surface area contributed by atoms with Gasteiger partial charge >= 0.3 is 0 Å². The number of amides is 1. The Morgan fingerprint density at radius 3 is 2.82 bits per heavy atom. The number of rotatable bonds is 7. The summed E-state index contributed by atoms with van der Waals surface area (Å²) in [5.74, 6) is 1.69. The van der Waals surface area contributed by atoms with E-state index in [0.717, 1.165) is 11.5 Å². The zero-order chi connectivity index (χ0) is 16.1. The van der Waals surface area contributed by atoms with Gasteiger partial charge in [-0.25, -0.2) is 0 Å². The van der Waals surface area contributed by atoms with E-state index in [4.69, 9.17) is 4.42 Å². The normalized spacial score (nSPS) is 13.8. The molecule has 0 aromatic carbocycles. The Balaban J connectivity index is 1.79. The first-order chi connectivity index (χ1) is 10.5. The van der Waals surface area contributed by atoms with Gasteiger partial charge in [-0.1, -0.05) is 0 Å². The molecule has 2 rings (SSSR count). The molecule has 2 aromatic heterocycles. The highest BCUT2D eigenvalue weighted by Gasteiger charge is 2.17. The standard InChI is InChI=1S/C16H24N4O2/c1-12-6-7-15(22-12)11-19(4)16(21)10-17-13(2)14(3)20-9-5-8-18-20/h5-9,13-14,17H,10-11H2,1-4H3/t13-,14+/m0/s1. The van der Waals surface area contributed by atoms with Gasteiger partial charge in [0.15, 0.2) is 0 Å².